The first-order chi connectivity index (χ1) is 12.7. The third kappa shape index (κ3) is 3.58. The molecule has 0 aromatic carbocycles. The highest BCUT2D eigenvalue weighted by Gasteiger charge is 2.31. The van der Waals surface area contributed by atoms with Gasteiger partial charge in [-0.25, -0.2) is 4.79 Å². The Morgan fingerprint density at radius 3 is 2.81 bits per heavy atom. The van der Waals surface area contributed by atoms with Gasteiger partial charge in [0.05, 0.1) is 43.8 Å². The molecule has 0 bridgehead atoms. The van der Waals surface area contributed by atoms with Gasteiger partial charge in [-0.05, 0) is 31.0 Å². The van der Waals surface area contributed by atoms with E-state index in [0.717, 1.165) is 24.2 Å². The number of urea groups is 1. The average Bonchev–Trinajstić information content (AvgIpc) is 3.24. The van der Waals surface area contributed by atoms with Crippen molar-refractivity contribution in [2.75, 3.05) is 6.54 Å². The average molecular weight is 357 g/mol. The van der Waals surface area contributed by atoms with Gasteiger partial charge in [-0.1, -0.05) is 6.42 Å². The van der Waals surface area contributed by atoms with Crippen LogP contribution in [0.25, 0.3) is 0 Å². The van der Waals surface area contributed by atoms with Gasteiger partial charge in [0, 0.05) is 12.5 Å². The molecular formula is C18H23N5O3. The fourth-order valence-corrected chi connectivity index (χ4v) is 3.33. The van der Waals surface area contributed by atoms with Gasteiger partial charge in [0.25, 0.3) is 0 Å². The van der Waals surface area contributed by atoms with Crippen molar-refractivity contribution in [3.63, 3.8) is 0 Å². The highest BCUT2D eigenvalue weighted by Crippen LogP contribution is 2.29. The van der Waals surface area contributed by atoms with Crippen LogP contribution in [0, 0.1) is 5.92 Å². The normalized spacial score (nSPS) is 16.7. The number of fused-ring (bicyclic) bond motifs is 1. The van der Waals surface area contributed by atoms with Gasteiger partial charge in [0.2, 0.25) is 5.91 Å². The molecule has 3 amide bonds. The molecule has 2 aliphatic rings. The lowest BCUT2D eigenvalue weighted by atomic mass is 9.84. The third-order valence-electron chi connectivity index (χ3n) is 5.05. The van der Waals surface area contributed by atoms with Crippen molar-refractivity contribution < 1.29 is 14.0 Å². The summed E-state index contributed by atoms with van der Waals surface area (Å²) >= 11 is 0. The Hall–Kier alpha value is -2.77. The van der Waals surface area contributed by atoms with Crippen molar-refractivity contribution in [1.29, 1.82) is 0 Å². The molecule has 1 saturated carbocycles. The van der Waals surface area contributed by atoms with Crippen LogP contribution in [0.1, 0.15) is 36.4 Å². The summed E-state index contributed by atoms with van der Waals surface area (Å²) in [5.41, 5.74) is 1.82. The molecule has 0 spiro atoms. The molecule has 138 valence electrons. The smallest absolute Gasteiger partial charge is 0.315 e. The topological polar surface area (TPSA) is 92.4 Å². The van der Waals surface area contributed by atoms with E-state index in [4.69, 9.17) is 4.42 Å². The summed E-state index contributed by atoms with van der Waals surface area (Å²) in [7, 11) is 0. The number of nitrogens with zero attached hydrogens (tertiary/aromatic N) is 3. The zero-order chi connectivity index (χ0) is 17.9. The molecule has 1 aliphatic carbocycles. The minimum absolute atomic E-state index is 0.225. The molecule has 3 heterocycles. The maximum Gasteiger partial charge on any atom is 0.315 e. The summed E-state index contributed by atoms with van der Waals surface area (Å²) in [6, 6.07) is 5.28. The Balaban J connectivity index is 1.27. The van der Waals surface area contributed by atoms with Gasteiger partial charge >= 0.3 is 6.03 Å². The number of carbonyl (C=O) groups is 2. The van der Waals surface area contributed by atoms with Crippen LogP contribution in [0.2, 0.25) is 0 Å². The highest BCUT2D eigenvalue weighted by molar-refractivity contribution is 5.79. The van der Waals surface area contributed by atoms with E-state index < -0.39 is 0 Å². The summed E-state index contributed by atoms with van der Waals surface area (Å²) in [6.45, 7) is 2.71. The second kappa shape index (κ2) is 7.23. The molecule has 2 aromatic heterocycles. The summed E-state index contributed by atoms with van der Waals surface area (Å²) in [5.74, 6) is 1.21. The van der Waals surface area contributed by atoms with Crippen molar-refractivity contribution >= 4 is 11.9 Å². The minimum atomic E-state index is -0.269. The Morgan fingerprint density at radius 1 is 1.23 bits per heavy atom. The lowest BCUT2D eigenvalue weighted by Gasteiger charge is -2.34. The summed E-state index contributed by atoms with van der Waals surface area (Å²) < 4.78 is 7.10. The molecule has 1 aliphatic heterocycles. The fraction of sp³-hybridized carbons (Fsp3) is 0.500. The Kier molecular flexibility index (Phi) is 4.64. The van der Waals surface area contributed by atoms with Gasteiger partial charge < -0.3 is 20.0 Å². The number of furan rings is 1. The van der Waals surface area contributed by atoms with E-state index in [2.05, 4.69) is 15.7 Å². The first-order valence-corrected chi connectivity index (χ1v) is 9.07. The number of amides is 3. The Labute approximate surface area is 151 Å². The number of nitrogens with one attached hydrogen (secondary N) is 2. The standard InChI is InChI=1S/C18H23N5O3/c24-17(13-3-1-4-13)22-6-7-23-15(12-22)9-14(21-23)10-19-18(25)20-11-16-5-2-8-26-16/h2,5,8-9,13H,1,3-4,6-7,10-12H2,(H2,19,20,25). The summed E-state index contributed by atoms with van der Waals surface area (Å²) in [6.07, 6.45) is 4.79. The van der Waals surface area contributed by atoms with Crippen molar-refractivity contribution in [1.82, 2.24) is 25.3 Å². The molecule has 0 radical (unpaired) electrons. The lowest BCUT2D eigenvalue weighted by molar-refractivity contribution is -0.139. The van der Waals surface area contributed by atoms with Crippen LogP contribution in [0.3, 0.4) is 0 Å². The van der Waals surface area contributed by atoms with Crippen LogP contribution < -0.4 is 10.6 Å². The van der Waals surface area contributed by atoms with Gasteiger partial charge in [-0.15, -0.1) is 0 Å². The van der Waals surface area contributed by atoms with E-state index in [9.17, 15) is 9.59 Å². The van der Waals surface area contributed by atoms with E-state index in [1.54, 1.807) is 18.4 Å². The molecule has 0 saturated heterocycles. The van der Waals surface area contributed by atoms with E-state index in [0.29, 0.717) is 38.5 Å². The number of carbonyl (C=O) groups excluding carboxylic acids is 2. The van der Waals surface area contributed by atoms with Gasteiger partial charge in [-0.3, -0.25) is 9.48 Å². The molecule has 2 N–H and O–H groups in total. The Bertz CT molecular complexity index is 779. The van der Waals surface area contributed by atoms with E-state index in [-0.39, 0.29) is 17.9 Å². The number of hydrogen-bond acceptors (Lipinski definition) is 4. The van der Waals surface area contributed by atoms with E-state index >= 15 is 0 Å². The number of hydrogen-bond donors (Lipinski definition) is 2. The number of aromatic nitrogens is 2. The maximum atomic E-state index is 12.4. The predicted molar refractivity (Wildman–Crippen MR) is 92.8 cm³/mol. The molecule has 8 nitrogen and oxygen atoms in total. The van der Waals surface area contributed by atoms with Crippen molar-refractivity contribution in [3.05, 3.63) is 41.6 Å². The van der Waals surface area contributed by atoms with Crippen LogP contribution in [0.4, 0.5) is 4.79 Å². The van der Waals surface area contributed by atoms with Gasteiger partial charge in [0.15, 0.2) is 0 Å². The largest absolute Gasteiger partial charge is 0.467 e. The zero-order valence-corrected chi connectivity index (χ0v) is 14.6. The molecule has 1 fully saturated rings. The van der Waals surface area contributed by atoms with Crippen LogP contribution >= 0.6 is 0 Å². The fourth-order valence-electron chi connectivity index (χ4n) is 3.33. The molecule has 0 atom stereocenters. The van der Waals surface area contributed by atoms with Crippen LogP contribution in [-0.2, 0) is 31.0 Å². The van der Waals surface area contributed by atoms with Crippen molar-refractivity contribution in [3.8, 4) is 0 Å². The third-order valence-corrected chi connectivity index (χ3v) is 5.05. The summed E-state index contributed by atoms with van der Waals surface area (Å²) in [5, 5.41) is 10.0. The van der Waals surface area contributed by atoms with E-state index in [1.165, 1.54) is 6.42 Å². The molecular weight excluding hydrogens is 334 g/mol. The van der Waals surface area contributed by atoms with Gasteiger partial charge in [0.1, 0.15) is 5.76 Å². The summed E-state index contributed by atoms with van der Waals surface area (Å²) in [4.78, 5) is 26.2. The lowest BCUT2D eigenvalue weighted by Crippen LogP contribution is -2.43. The molecule has 4 rings (SSSR count). The quantitative estimate of drug-likeness (QED) is 0.850. The van der Waals surface area contributed by atoms with Crippen LogP contribution in [0.15, 0.2) is 28.9 Å². The minimum Gasteiger partial charge on any atom is -0.467 e. The maximum absolute atomic E-state index is 12.4. The second-order valence-electron chi connectivity index (χ2n) is 6.85. The first kappa shape index (κ1) is 16.7. The van der Waals surface area contributed by atoms with Crippen molar-refractivity contribution in [2.45, 2.75) is 45.4 Å². The molecule has 2 aromatic rings. The van der Waals surface area contributed by atoms with Gasteiger partial charge in [-0.2, -0.15) is 5.10 Å². The Morgan fingerprint density at radius 2 is 2.08 bits per heavy atom. The van der Waals surface area contributed by atoms with Crippen LogP contribution in [0.5, 0.6) is 0 Å². The van der Waals surface area contributed by atoms with E-state index in [1.807, 2.05) is 15.6 Å². The zero-order valence-electron chi connectivity index (χ0n) is 14.6. The number of rotatable bonds is 5. The predicted octanol–water partition coefficient (Wildman–Crippen LogP) is 1.62. The SMILES string of the molecule is O=C(NCc1cc2n(n1)CCN(C(=O)C1CCC1)C2)NCc1ccco1. The molecule has 8 heteroatoms. The highest BCUT2D eigenvalue weighted by atomic mass is 16.3. The monoisotopic (exact) mass is 357 g/mol. The second-order valence-corrected chi connectivity index (χ2v) is 6.85. The molecule has 26 heavy (non-hydrogen) atoms. The first-order valence-electron chi connectivity index (χ1n) is 9.07. The van der Waals surface area contributed by atoms with Crippen LogP contribution in [-0.4, -0.2) is 33.2 Å². The molecule has 0 unspecified atom stereocenters. The van der Waals surface area contributed by atoms with Crippen molar-refractivity contribution in [2.24, 2.45) is 5.92 Å².